The average molecular weight is 339 g/mol. The Kier molecular flexibility index (Phi) is 5.66. The minimum Gasteiger partial charge on any atom is -0.383 e. The summed E-state index contributed by atoms with van der Waals surface area (Å²) in [6.45, 7) is 1.00. The summed E-state index contributed by atoms with van der Waals surface area (Å²) in [6, 6.07) is 12.8. The Labute approximate surface area is 149 Å². The third kappa shape index (κ3) is 4.17. The van der Waals surface area contributed by atoms with Crippen molar-refractivity contribution in [3.63, 3.8) is 0 Å². The van der Waals surface area contributed by atoms with Crippen molar-refractivity contribution in [1.29, 1.82) is 0 Å². The topological polar surface area (TPSA) is 54.5 Å². The molecule has 2 aromatic rings. The number of methoxy groups -OCH3 is 1. The van der Waals surface area contributed by atoms with Gasteiger partial charge in [0.15, 0.2) is 0 Å². The number of amides is 1. The van der Waals surface area contributed by atoms with Crippen molar-refractivity contribution in [1.82, 2.24) is 10.3 Å². The number of aryl methyl sites for hydroxylation is 1. The van der Waals surface area contributed by atoms with E-state index in [0.29, 0.717) is 24.8 Å². The molecule has 0 spiro atoms. The molecule has 1 aromatic carbocycles. The van der Waals surface area contributed by atoms with Crippen LogP contribution in [0.4, 0.5) is 5.82 Å². The zero-order valence-electron chi connectivity index (χ0n) is 14.9. The molecule has 5 nitrogen and oxygen atoms in total. The molecule has 132 valence electrons. The number of aromatic nitrogens is 1. The molecule has 1 N–H and O–H groups in total. The molecule has 1 aromatic heterocycles. The SMILES string of the molecule is COCCNC(=O)c1ccc(N(C)C2CCc3ccccc3C2)nc1. The molecular formula is C20H25N3O2. The molecule has 3 rings (SSSR count). The van der Waals surface area contributed by atoms with Gasteiger partial charge in [0.05, 0.1) is 12.2 Å². The number of carbonyl (C=O) groups is 1. The highest BCUT2D eigenvalue weighted by molar-refractivity contribution is 5.94. The summed E-state index contributed by atoms with van der Waals surface area (Å²) in [5, 5.41) is 2.81. The summed E-state index contributed by atoms with van der Waals surface area (Å²) in [4.78, 5) is 18.7. The zero-order chi connectivity index (χ0) is 17.6. The van der Waals surface area contributed by atoms with Crippen LogP contribution in [0.2, 0.25) is 0 Å². The van der Waals surface area contributed by atoms with Gasteiger partial charge in [-0.3, -0.25) is 4.79 Å². The van der Waals surface area contributed by atoms with Crippen LogP contribution in [0.25, 0.3) is 0 Å². The van der Waals surface area contributed by atoms with Crippen molar-refractivity contribution in [2.24, 2.45) is 0 Å². The van der Waals surface area contributed by atoms with E-state index in [0.717, 1.165) is 25.1 Å². The van der Waals surface area contributed by atoms with Crippen LogP contribution >= 0.6 is 0 Å². The summed E-state index contributed by atoms with van der Waals surface area (Å²) >= 11 is 0. The van der Waals surface area contributed by atoms with Crippen molar-refractivity contribution in [2.75, 3.05) is 32.2 Å². The number of ether oxygens (including phenoxy) is 1. The van der Waals surface area contributed by atoms with E-state index in [9.17, 15) is 4.79 Å². The van der Waals surface area contributed by atoms with Gasteiger partial charge in [-0.25, -0.2) is 4.98 Å². The Balaban J connectivity index is 1.63. The second-order valence-electron chi connectivity index (χ2n) is 6.43. The quantitative estimate of drug-likeness (QED) is 0.822. The monoisotopic (exact) mass is 339 g/mol. The van der Waals surface area contributed by atoms with E-state index in [1.165, 1.54) is 11.1 Å². The normalized spacial score (nSPS) is 16.2. The van der Waals surface area contributed by atoms with E-state index in [4.69, 9.17) is 4.74 Å². The first kappa shape index (κ1) is 17.4. The van der Waals surface area contributed by atoms with Crippen molar-refractivity contribution in [2.45, 2.75) is 25.3 Å². The minimum atomic E-state index is -0.120. The van der Waals surface area contributed by atoms with Gasteiger partial charge in [-0.15, -0.1) is 0 Å². The van der Waals surface area contributed by atoms with Gasteiger partial charge in [-0.1, -0.05) is 24.3 Å². The first-order chi connectivity index (χ1) is 12.2. The van der Waals surface area contributed by atoms with Crippen LogP contribution in [0.5, 0.6) is 0 Å². The summed E-state index contributed by atoms with van der Waals surface area (Å²) in [5.41, 5.74) is 3.46. The van der Waals surface area contributed by atoms with Crippen molar-refractivity contribution in [3.8, 4) is 0 Å². The third-order valence-corrected chi connectivity index (χ3v) is 4.83. The number of nitrogens with zero attached hydrogens (tertiary/aromatic N) is 2. The van der Waals surface area contributed by atoms with Gasteiger partial charge >= 0.3 is 0 Å². The molecule has 1 aliphatic carbocycles. The number of nitrogens with one attached hydrogen (secondary N) is 1. The summed E-state index contributed by atoms with van der Waals surface area (Å²) in [7, 11) is 3.70. The molecule has 0 fully saturated rings. The van der Waals surface area contributed by atoms with Crippen LogP contribution in [-0.4, -0.2) is 44.2 Å². The van der Waals surface area contributed by atoms with Crippen LogP contribution in [-0.2, 0) is 17.6 Å². The van der Waals surface area contributed by atoms with Crippen molar-refractivity contribution in [3.05, 3.63) is 59.3 Å². The van der Waals surface area contributed by atoms with Gasteiger partial charge in [0.1, 0.15) is 5.82 Å². The van der Waals surface area contributed by atoms with E-state index in [-0.39, 0.29) is 5.91 Å². The molecule has 1 heterocycles. The van der Waals surface area contributed by atoms with Crippen LogP contribution in [0, 0.1) is 0 Å². The highest BCUT2D eigenvalue weighted by atomic mass is 16.5. The van der Waals surface area contributed by atoms with Crippen LogP contribution in [0.15, 0.2) is 42.6 Å². The standard InChI is InChI=1S/C20H25N3O2/c1-23(18-9-7-15-5-3-4-6-16(15)13-18)19-10-8-17(14-22-19)20(24)21-11-12-25-2/h3-6,8,10,14,18H,7,9,11-13H2,1-2H3,(H,21,24). The Morgan fingerprint density at radius 1 is 1.28 bits per heavy atom. The van der Waals surface area contributed by atoms with Crippen LogP contribution < -0.4 is 10.2 Å². The third-order valence-electron chi connectivity index (χ3n) is 4.83. The first-order valence-electron chi connectivity index (χ1n) is 8.72. The highest BCUT2D eigenvalue weighted by Crippen LogP contribution is 2.26. The number of benzene rings is 1. The Hall–Kier alpha value is -2.40. The van der Waals surface area contributed by atoms with E-state index in [1.54, 1.807) is 13.3 Å². The number of fused-ring (bicyclic) bond motifs is 1. The van der Waals surface area contributed by atoms with Gasteiger partial charge in [0.25, 0.3) is 5.91 Å². The lowest BCUT2D eigenvalue weighted by Gasteiger charge is -2.33. The Bertz CT molecular complexity index is 715. The molecule has 0 bridgehead atoms. The van der Waals surface area contributed by atoms with Gasteiger partial charge < -0.3 is 15.0 Å². The molecule has 0 saturated heterocycles. The number of hydrogen-bond acceptors (Lipinski definition) is 4. The maximum atomic E-state index is 12.0. The minimum absolute atomic E-state index is 0.120. The second-order valence-corrected chi connectivity index (χ2v) is 6.43. The predicted molar refractivity (Wildman–Crippen MR) is 99.1 cm³/mol. The summed E-state index contributed by atoms with van der Waals surface area (Å²) < 4.78 is 4.93. The molecule has 1 amide bonds. The Morgan fingerprint density at radius 3 is 2.80 bits per heavy atom. The second kappa shape index (κ2) is 8.12. The van der Waals surface area contributed by atoms with E-state index < -0.39 is 0 Å². The van der Waals surface area contributed by atoms with E-state index in [1.807, 2.05) is 12.1 Å². The molecule has 0 radical (unpaired) electrons. The van der Waals surface area contributed by atoms with Crippen LogP contribution in [0.1, 0.15) is 27.9 Å². The van der Waals surface area contributed by atoms with Crippen LogP contribution in [0.3, 0.4) is 0 Å². The number of hydrogen-bond donors (Lipinski definition) is 1. The zero-order valence-corrected chi connectivity index (χ0v) is 14.9. The number of likely N-dealkylation sites (N-methyl/N-ethyl adjacent to an activating group) is 1. The molecule has 1 aliphatic rings. The van der Waals surface area contributed by atoms with E-state index >= 15 is 0 Å². The first-order valence-corrected chi connectivity index (χ1v) is 8.72. The molecule has 1 atom stereocenters. The fraction of sp³-hybridized carbons (Fsp3) is 0.400. The molecule has 1 unspecified atom stereocenters. The van der Waals surface area contributed by atoms with Gasteiger partial charge in [0.2, 0.25) is 0 Å². The largest absolute Gasteiger partial charge is 0.383 e. The number of anilines is 1. The predicted octanol–water partition coefficient (Wildman–Crippen LogP) is 2.45. The molecule has 0 saturated carbocycles. The average Bonchev–Trinajstić information content (AvgIpc) is 2.67. The summed E-state index contributed by atoms with van der Waals surface area (Å²) in [5.74, 6) is 0.781. The van der Waals surface area contributed by atoms with Crippen molar-refractivity contribution < 1.29 is 9.53 Å². The van der Waals surface area contributed by atoms with E-state index in [2.05, 4.69) is 46.5 Å². The highest BCUT2D eigenvalue weighted by Gasteiger charge is 2.22. The maximum Gasteiger partial charge on any atom is 0.252 e. The lowest BCUT2D eigenvalue weighted by molar-refractivity contribution is 0.0937. The fourth-order valence-corrected chi connectivity index (χ4v) is 3.29. The number of rotatable bonds is 6. The van der Waals surface area contributed by atoms with Crippen molar-refractivity contribution >= 4 is 11.7 Å². The molecular weight excluding hydrogens is 314 g/mol. The lowest BCUT2D eigenvalue weighted by Crippen LogP contribution is -2.37. The van der Waals surface area contributed by atoms with Gasteiger partial charge in [0, 0.05) is 32.9 Å². The number of carbonyl (C=O) groups excluding carboxylic acids is 1. The van der Waals surface area contributed by atoms with Gasteiger partial charge in [-0.05, 0) is 42.5 Å². The smallest absolute Gasteiger partial charge is 0.252 e. The summed E-state index contributed by atoms with van der Waals surface area (Å²) in [6.07, 6.45) is 4.90. The molecule has 0 aliphatic heterocycles. The maximum absolute atomic E-state index is 12.0. The molecule has 5 heteroatoms. The van der Waals surface area contributed by atoms with Gasteiger partial charge in [-0.2, -0.15) is 0 Å². The molecule has 25 heavy (non-hydrogen) atoms. The number of pyridine rings is 1. The fourth-order valence-electron chi connectivity index (χ4n) is 3.29. The Morgan fingerprint density at radius 2 is 2.08 bits per heavy atom. The lowest BCUT2D eigenvalue weighted by atomic mass is 9.88.